The van der Waals surface area contributed by atoms with E-state index in [-0.39, 0.29) is 11.5 Å². The summed E-state index contributed by atoms with van der Waals surface area (Å²) in [6.07, 6.45) is 4.93. The second-order valence-electron chi connectivity index (χ2n) is 7.09. The van der Waals surface area contributed by atoms with Gasteiger partial charge in [-0.15, -0.1) is 0 Å². The molecule has 1 unspecified atom stereocenters. The zero-order valence-corrected chi connectivity index (χ0v) is 11.4. The molecule has 0 aliphatic heterocycles. The average Bonchev–Trinajstić information content (AvgIpc) is 2.37. The second-order valence-corrected chi connectivity index (χ2v) is 7.09. The maximum atomic E-state index is 13.9. The number of rotatable bonds is 2. The van der Waals surface area contributed by atoms with Gasteiger partial charge in [-0.05, 0) is 73.8 Å². The van der Waals surface area contributed by atoms with Crippen LogP contribution in [-0.2, 0) is 0 Å². The molecule has 5 rings (SSSR count). The van der Waals surface area contributed by atoms with Crippen molar-refractivity contribution in [3.05, 3.63) is 35.4 Å². The molecule has 1 aromatic rings. The van der Waals surface area contributed by atoms with Crippen LogP contribution in [0.15, 0.2) is 18.2 Å². The van der Waals surface area contributed by atoms with Crippen LogP contribution in [0, 0.1) is 41.2 Å². The highest BCUT2D eigenvalue weighted by molar-refractivity contribution is 5.23. The summed E-state index contributed by atoms with van der Waals surface area (Å²) in [7, 11) is 0. The van der Waals surface area contributed by atoms with Crippen molar-refractivity contribution in [3.8, 4) is 0 Å². The summed E-state index contributed by atoms with van der Waals surface area (Å²) < 4.78 is 27.8. The number of hydrogen-bond donors (Lipinski definition) is 1. The van der Waals surface area contributed by atoms with E-state index in [9.17, 15) is 13.9 Å². The van der Waals surface area contributed by atoms with Gasteiger partial charge in [0.1, 0.15) is 11.6 Å². The molecular formula is C17H20F2O. The van der Waals surface area contributed by atoms with Gasteiger partial charge in [-0.1, -0.05) is 6.07 Å². The van der Waals surface area contributed by atoms with Crippen molar-refractivity contribution in [2.75, 3.05) is 0 Å². The van der Waals surface area contributed by atoms with Crippen molar-refractivity contribution in [3.63, 3.8) is 0 Å². The van der Waals surface area contributed by atoms with Gasteiger partial charge in [-0.25, -0.2) is 8.78 Å². The minimum absolute atomic E-state index is 0.0502. The lowest BCUT2D eigenvalue weighted by molar-refractivity contribution is -0.0924. The molecule has 3 heteroatoms. The Hall–Kier alpha value is -0.960. The van der Waals surface area contributed by atoms with Gasteiger partial charge in [0.15, 0.2) is 0 Å². The fourth-order valence-corrected chi connectivity index (χ4v) is 5.47. The molecule has 0 radical (unpaired) electrons. The minimum Gasteiger partial charge on any atom is -0.388 e. The fourth-order valence-electron chi connectivity index (χ4n) is 5.47. The van der Waals surface area contributed by atoms with Crippen LogP contribution in [0.1, 0.15) is 43.8 Å². The number of benzene rings is 1. The van der Waals surface area contributed by atoms with Gasteiger partial charge in [0.25, 0.3) is 0 Å². The van der Waals surface area contributed by atoms with Gasteiger partial charge in [-0.2, -0.15) is 0 Å². The minimum atomic E-state index is -0.980. The first-order chi connectivity index (χ1) is 9.63. The van der Waals surface area contributed by atoms with Crippen molar-refractivity contribution in [1.29, 1.82) is 0 Å². The van der Waals surface area contributed by atoms with Crippen LogP contribution in [0.2, 0.25) is 0 Å². The highest BCUT2D eigenvalue weighted by atomic mass is 19.1. The van der Waals surface area contributed by atoms with Gasteiger partial charge in [0.05, 0.1) is 11.7 Å². The lowest BCUT2D eigenvalue weighted by Crippen LogP contribution is -2.47. The molecule has 1 atom stereocenters. The molecular weight excluding hydrogens is 258 g/mol. The van der Waals surface area contributed by atoms with Crippen LogP contribution in [0.4, 0.5) is 8.78 Å². The number of aliphatic hydroxyl groups is 1. The summed E-state index contributed by atoms with van der Waals surface area (Å²) in [6, 6.07) is 3.85. The van der Waals surface area contributed by atoms with Crippen LogP contribution >= 0.6 is 0 Å². The molecule has 20 heavy (non-hydrogen) atoms. The smallest absolute Gasteiger partial charge is 0.131 e. The Morgan fingerprint density at radius 3 is 1.90 bits per heavy atom. The first-order valence-corrected chi connectivity index (χ1v) is 7.75. The van der Waals surface area contributed by atoms with Gasteiger partial charge >= 0.3 is 0 Å². The molecule has 108 valence electrons. The molecule has 0 aromatic heterocycles. The summed E-state index contributed by atoms with van der Waals surface area (Å²) in [5.74, 6) is 1.35. The highest BCUT2D eigenvalue weighted by Gasteiger charge is 2.51. The summed E-state index contributed by atoms with van der Waals surface area (Å²) in [4.78, 5) is 0. The molecule has 4 saturated carbocycles. The Bertz CT molecular complexity index is 479. The van der Waals surface area contributed by atoms with E-state index in [4.69, 9.17) is 0 Å². The van der Waals surface area contributed by atoms with Crippen LogP contribution in [-0.4, -0.2) is 5.11 Å². The molecule has 0 saturated heterocycles. The van der Waals surface area contributed by atoms with Gasteiger partial charge in [0, 0.05) is 0 Å². The summed E-state index contributed by atoms with van der Waals surface area (Å²) in [6.45, 7) is 0. The predicted molar refractivity (Wildman–Crippen MR) is 71.9 cm³/mol. The normalized spacial score (nSPS) is 40.0. The largest absolute Gasteiger partial charge is 0.388 e. The monoisotopic (exact) mass is 278 g/mol. The quantitative estimate of drug-likeness (QED) is 0.864. The zero-order chi connectivity index (χ0) is 13.9. The lowest BCUT2D eigenvalue weighted by Gasteiger charge is -2.55. The Morgan fingerprint density at radius 1 is 0.900 bits per heavy atom. The van der Waals surface area contributed by atoms with Crippen LogP contribution in [0.3, 0.4) is 0 Å². The molecule has 0 heterocycles. The molecule has 4 fully saturated rings. The number of aliphatic hydroxyl groups excluding tert-OH is 1. The van der Waals surface area contributed by atoms with Gasteiger partial charge in [-0.3, -0.25) is 0 Å². The predicted octanol–water partition coefficient (Wildman–Crippen LogP) is 4.07. The van der Waals surface area contributed by atoms with Crippen LogP contribution < -0.4 is 0 Å². The van der Waals surface area contributed by atoms with E-state index in [1.165, 1.54) is 24.6 Å². The number of hydrogen-bond acceptors (Lipinski definition) is 1. The lowest BCUT2D eigenvalue weighted by atomic mass is 9.50. The summed E-state index contributed by atoms with van der Waals surface area (Å²) in [5, 5.41) is 10.6. The Balaban J connectivity index is 1.67. The molecule has 4 aliphatic carbocycles. The van der Waals surface area contributed by atoms with E-state index >= 15 is 0 Å². The molecule has 1 aromatic carbocycles. The molecule has 1 N–H and O–H groups in total. The number of halogens is 2. The second kappa shape index (κ2) is 4.52. The Morgan fingerprint density at radius 2 is 1.40 bits per heavy atom. The van der Waals surface area contributed by atoms with Gasteiger partial charge in [0.2, 0.25) is 0 Å². The molecule has 0 amide bonds. The van der Waals surface area contributed by atoms with E-state index in [0.717, 1.165) is 37.5 Å². The standard InChI is InChI=1S/C17H20F2O/c18-13-2-1-3-14(19)16(13)17(20)15-11-5-9-4-10(7-11)8-12(15)6-9/h1-3,9-12,15,17,20H,4-8H2. The van der Waals surface area contributed by atoms with E-state index in [2.05, 4.69) is 0 Å². The third kappa shape index (κ3) is 1.82. The third-order valence-corrected chi connectivity index (χ3v) is 5.96. The Kier molecular flexibility index (Phi) is 2.88. The summed E-state index contributed by atoms with van der Waals surface area (Å²) >= 11 is 0. The maximum Gasteiger partial charge on any atom is 0.131 e. The first-order valence-electron chi connectivity index (χ1n) is 7.75. The van der Waals surface area contributed by atoms with E-state index in [1.54, 1.807) is 0 Å². The average molecular weight is 278 g/mol. The Labute approximate surface area is 118 Å². The van der Waals surface area contributed by atoms with Crippen LogP contribution in [0.5, 0.6) is 0 Å². The van der Waals surface area contributed by atoms with Crippen molar-refractivity contribution in [2.24, 2.45) is 29.6 Å². The van der Waals surface area contributed by atoms with Crippen molar-refractivity contribution >= 4 is 0 Å². The first kappa shape index (κ1) is 12.8. The molecule has 4 bridgehead atoms. The van der Waals surface area contributed by atoms with Crippen molar-refractivity contribution in [2.45, 2.75) is 38.2 Å². The van der Waals surface area contributed by atoms with Crippen molar-refractivity contribution in [1.82, 2.24) is 0 Å². The SMILES string of the molecule is OC(c1c(F)cccc1F)C1C2CC3CC(C2)CC1C3. The fraction of sp³-hybridized carbons (Fsp3) is 0.647. The zero-order valence-electron chi connectivity index (χ0n) is 11.4. The highest BCUT2D eigenvalue weighted by Crippen LogP contribution is 2.59. The van der Waals surface area contributed by atoms with E-state index in [1.807, 2.05) is 0 Å². The molecule has 0 spiro atoms. The topological polar surface area (TPSA) is 20.2 Å². The third-order valence-electron chi connectivity index (χ3n) is 5.96. The molecule has 1 nitrogen and oxygen atoms in total. The van der Waals surface area contributed by atoms with Crippen molar-refractivity contribution < 1.29 is 13.9 Å². The van der Waals surface area contributed by atoms with E-state index < -0.39 is 17.7 Å². The maximum absolute atomic E-state index is 13.9. The van der Waals surface area contributed by atoms with Crippen LogP contribution in [0.25, 0.3) is 0 Å². The van der Waals surface area contributed by atoms with E-state index in [0.29, 0.717) is 11.8 Å². The summed E-state index contributed by atoms with van der Waals surface area (Å²) in [5.41, 5.74) is -0.107. The molecule has 4 aliphatic rings. The van der Waals surface area contributed by atoms with Gasteiger partial charge < -0.3 is 5.11 Å².